The zero-order valence-electron chi connectivity index (χ0n) is 10.7. The molecule has 1 rings (SSSR count). The molecule has 2 nitrogen and oxygen atoms in total. The summed E-state index contributed by atoms with van der Waals surface area (Å²) in [6.07, 6.45) is 4.41. The molecule has 0 radical (unpaired) electrons. The molecule has 1 aliphatic carbocycles. The Bertz CT molecular complexity index is 195. The van der Waals surface area contributed by atoms with Crippen LogP contribution in [0.25, 0.3) is 0 Å². The fourth-order valence-corrected chi connectivity index (χ4v) is 2.91. The summed E-state index contributed by atoms with van der Waals surface area (Å²) >= 11 is 0. The van der Waals surface area contributed by atoms with E-state index in [1.165, 1.54) is 6.42 Å². The Kier molecular flexibility index (Phi) is 4.19. The maximum Gasteiger partial charge on any atom is 0.0913 e. The molecule has 0 saturated heterocycles. The van der Waals surface area contributed by atoms with Crippen molar-refractivity contribution < 1.29 is 9.84 Å². The summed E-state index contributed by atoms with van der Waals surface area (Å²) in [7, 11) is 0. The van der Waals surface area contributed by atoms with Crippen LogP contribution in [0, 0.1) is 11.3 Å². The minimum atomic E-state index is -0.591. The van der Waals surface area contributed by atoms with Crippen LogP contribution >= 0.6 is 0 Å². The van der Waals surface area contributed by atoms with Crippen molar-refractivity contribution >= 4 is 0 Å². The molecule has 0 heterocycles. The van der Waals surface area contributed by atoms with Gasteiger partial charge in [-0.2, -0.15) is 0 Å². The molecule has 0 aromatic rings. The first-order valence-electron chi connectivity index (χ1n) is 6.20. The van der Waals surface area contributed by atoms with Gasteiger partial charge in [-0.15, -0.1) is 0 Å². The first-order valence-corrected chi connectivity index (χ1v) is 6.20. The van der Waals surface area contributed by atoms with Crippen molar-refractivity contribution in [3.8, 4) is 0 Å². The molecule has 0 amide bonds. The van der Waals surface area contributed by atoms with Crippen LogP contribution in [0.1, 0.15) is 53.4 Å². The molecule has 15 heavy (non-hydrogen) atoms. The summed E-state index contributed by atoms with van der Waals surface area (Å²) in [6.45, 7) is 9.85. The van der Waals surface area contributed by atoms with Crippen LogP contribution in [0.5, 0.6) is 0 Å². The summed E-state index contributed by atoms with van der Waals surface area (Å²) in [4.78, 5) is 0. The Labute approximate surface area is 94.0 Å². The second-order valence-corrected chi connectivity index (χ2v) is 5.91. The van der Waals surface area contributed by atoms with E-state index < -0.39 is 5.60 Å². The molecule has 0 bridgehead atoms. The summed E-state index contributed by atoms with van der Waals surface area (Å²) in [6, 6.07) is 0. The summed E-state index contributed by atoms with van der Waals surface area (Å²) in [5.41, 5.74) is -0.418. The molecule has 0 spiro atoms. The van der Waals surface area contributed by atoms with E-state index in [4.69, 9.17) is 4.74 Å². The predicted molar refractivity (Wildman–Crippen MR) is 62.9 cm³/mol. The van der Waals surface area contributed by atoms with Crippen molar-refractivity contribution in [2.45, 2.75) is 59.0 Å². The minimum Gasteiger partial charge on any atom is -0.387 e. The number of hydrogen-bond acceptors (Lipinski definition) is 2. The van der Waals surface area contributed by atoms with Gasteiger partial charge in [0.05, 0.1) is 12.2 Å². The molecule has 0 aromatic carbocycles. The monoisotopic (exact) mass is 214 g/mol. The van der Waals surface area contributed by atoms with Crippen molar-refractivity contribution in [3.63, 3.8) is 0 Å². The Morgan fingerprint density at radius 1 is 1.33 bits per heavy atom. The smallest absolute Gasteiger partial charge is 0.0913 e. The van der Waals surface area contributed by atoms with Gasteiger partial charge >= 0.3 is 0 Å². The van der Waals surface area contributed by atoms with E-state index in [1.54, 1.807) is 0 Å². The molecule has 2 heteroatoms. The molecule has 0 aliphatic heterocycles. The highest BCUT2D eigenvalue weighted by atomic mass is 16.5. The Morgan fingerprint density at radius 3 is 2.53 bits per heavy atom. The normalized spacial score (nSPS) is 33.0. The van der Waals surface area contributed by atoms with Crippen molar-refractivity contribution in [1.82, 2.24) is 0 Å². The fraction of sp³-hybridized carbons (Fsp3) is 1.00. The summed E-state index contributed by atoms with van der Waals surface area (Å²) in [5, 5.41) is 10.7. The maximum atomic E-state index is 10.7. The van der Waals surface area contributed by atoms with Gasteiger partial charge in [-0.25, -0.2) is 0 Å². The van der Waals surface area contributed by atoms with Crippen LogP contribution in [-0.2, 0) is 4.74 Å². The molecule has 90 valence electrons. The Hall–Kier alpha value is -0.0800. The van der Waals surface area contributed by atoms with Gasteiger partial charge in [0.25, 0.3) is 0 Å². The highest BCUT2D eigenvalue weighted by Gasteiger charge is 2.44. The van der Waals surface area contributed by atoms with Crippen LogP contribution in [0.15, 0.2) is 0 Å². The van der Waals surface area contributed by atoms with Crippen molar-refractivity contribution in [2.24, 2.45) is 11.3 Å². The maximum absolute atomic E-state index is 10.7. The van der Waals surface area contributed by atoms with Gasteiger partial charge in [-0.3, -0.25) is 0 Å². The predicted octanol–water partition coefficient (Wildman–Crippen LogP) is 2.99. The molecule has 1 fully saturated rings. The van der Waals surface area contributed by atoms with Crippen molar-refractivity contribution in [3.05, 3.63) is 0 Å². The quantitative estimate of drug-likeness (QED) is 0.782. The highest BCUT2D eigenvalue weighted by molar-refractivity contribution is 4.95. The van der Waals surface area contributed by atoms with E-state index in [-0.39, 0.29) is 5.41 Å². The lowest BCUT2D eigenvalue weighted by molar-refractivity contribution is -0.132. The molecule has 0 aromatic heterocycles. The molecule has 2 atom stereocenters. The zero-order chi connectivity index (χ0) is 11.5. The first-order chi connectivity index (χ1) is 6.90. The van der Waals surface area contributed by atoms with Gasteiger partial charge in [0.2, 0.25) is 0 Å². The first kappa shape index (κ1) is 13.0. The third-order valence-corrected chi connectivity index (χ3v) is 3.60. The van der Waals surface area contributed by atoms with Crippen LogP contribution in [0.2, 0.25) is 0 Å². The van der Waals surface area contributed by atoms with E-state index in [1.807, 2.05) is 6.92 Å². The average Bonchev–Trinajstić information content (AvgIpc) is 2.14. The third-order valence-electron chi connectivity index (χ3n) is 3.60. The van der Waals surface area contributed by atoms with Crippen LogP contribution < -0.4 is 0 Å². The fourth-order valence-electron chi connectivity index (χ4n) is 2.91. The summed E-state index contributed by atoms with van der Waals surface area (Å²) in [5.74, 6) is 0.366. The van der Waals surface area contributed by atoms with Gasteiger partial charge in [0.15, 0.2) is 0 Å². The number of aliphatic hydroxyl groups is 1. The Balaban J connectivity index is 2.72. The van der Waals surface area contributed by atoms with Gasteiger partial charge in [0, 0.05) is 6.61 Å². The van der Waals surface area contributed by atoms with Crippen LogP contribution in [0.4, 0.5) is 0 Å². The average molecular weight is 214 g/mol. The highest BCUT2D eigenvalue weighted by Crippen LogP contribution is 2.44. The van der Waals surface area contributed by atoms with Crippen molar-refractivity contribution in [2.75, 3.05) is 13.2 Å². The molecular formula is C13H26O2. The topological polar surface area (TPSA) is 29.5 Å². The van der Waals surface area contributed by atoms with Crippen molar-refractivity contribution in [1.29, 1.82) is 0 Å². The van der Waals surface area contributed by atoms with E-state index in [9.17, 15) is 5.11 Å². The van der Waals surface area contributed by atoms with E-state index in [2.05, 4.69) is 20.8 Å². The standard InChI is InChI=1S/C13H26O2/c1-5-15-10-13(14)9-7-6-8-11(13)12(2,3)4/h11,14H,5-10H2,1-4H3. The lowest BCUT2D eigenvalue weighted by atomic mass is 9.64. The number of ether oxygens (including phenoxy) is 1. The third kappa shape index (κ3) is 3.18. The lowest BCUT2D eigenvalue weighted by Gasteiger charge is -2.46. The van der Waals surface area contributed by atoms with E-state index >= 15 is 0 Å². The molecule has 1 saturated carbocycles. The minimum absolute atomic E-state index is 0.173. The second kappa shape index (κ2) is 4.84. The van der Waals surface area contributed by atoms with Gasteiger partial charge in [0.1, 0.15) is 0 Å². The molecule has 1 N–H and O–H groups in total. The number of hydrogen-bond donors (Lipinski definition) is 1. The van der Waals surface area contributed by atoms with Gasteiger partial charge in [-0.1, -0.05) is 33.6 Å². The zero-order valence-corrected chi connectivity index (χ0v) is 10.7. The Morgan fingerprint density at radius 2 is 2.00 bits per heavy atom. The van der Waals surface area contributed by atoms with Gasteiger partial charge in [-0.05, 0) is 31.1 Å². The van der Waals surface area contributed by atoms with E-state index in [0.717, 1.165) is 19.3 Å². The van der Waals surface area contributed by atoms with Crippen LogP contribution in [0.3, 0.4) is 0 Å². The molecule has 1 aliphatic rings. The van der Waals surface area contributed by atoms with Crippen LogP contribution in [-0.4, -0.2) is 23.9 Å². The lowest BCUT2D eigenvalue weighted by Crippen LogP contribution is -2.50. The van der Waals surface area contributed by atoms with Gasteiger partial charge < -0.3 is 9.84 Å². The summed E-state index contributed by atoms with van der Waals surface area (Å²) < 4.78 is 5.45. The number of rotatable bonds is 3. The molecule has 2 unspecified atom stereocenters. The SMILES string of the molecule is CCOCC1(O)CCCCC1C(C)(C)C. The second-order valence-electron chi connectivity index (χ2n) is 5.91. The van der Waals surface area contributed by atoms with E-state index in [0.29, 0.717) is 19.1 Å². The largest absolute Gasteiger partial charge is 0.387 e. The molecular weight excluding hydrogens is 188 g/mol.